The van der Waals surface area contributed by atoms with Crippen molar-refractivity contribution in [2.75, 3.05) is 13.1 Å². The second kappa shape index (κ2) is 8.09. The number of thiazole rings is 1. The van der Waals surface area contributed by atoms with Crippen molar-refractivity contribution in [3.8, 4) is 10.6 Å². The quantitative estimate of drug-likeness (QED) is 0.460. The summed E-state index contributed by atoms with van der Waals surface area (Å²) in [7, 11) is 0. The summed E-state index contributed by atoms with van der Waals surface area (Å²) >= 11 is 1.46. The van der Waals surface area contributed by atoms with E-state index >= 15 is 0 Å². The van der Waals surface area contributed by atoms with E-state index in [9.17, 15) is 14.3 Å². The molecule has 0 amide bonds. The van der Waals surface area contributed by atoms with Gasteiger partial charge in [-0.3, -0.25) is 4.90 Å². The zero-order chi connectivity index (χ0) is 22.3. The van der Waals surface area contributed by atoms with Crippen LogP contribution in [0.3, 0.4) is 0 Å². The molecule has 1 aliphatic rings. The van der Waals surface area contributed by atoms with Crippen LogP contribution in [-0.4, -0.2) is 44.8 Å². The number of likely N-dealkylation sites (tertiary alicyclic amines) is 1. The minimum absolute atomic E-state index is 0.0366. The first-order chi connectivity index (χ1) is 15.4. The van der Waals surface area contributed by atoms with Crippen molar-refractivity contribution in [3.63, 3.8) is 0 Å². The Morgan fingerprint density at radius 2 is 1.78 bits per heavy atom. The number of carboxylic acids is 1. The van der Waals surface area contributed by atoms with Gasteiger partial charge >= 0.3 is 5.97 Å². The summed E-state index contributed by atoms with van der Waals surface area (Å²) in [6.45, 7) is 0.458. The highest BCUT2D eigenvalue weighted by Crippen LogP contribution is 2.33. The highest BCUT2D eigenvalue weighted by Gasteiger charge is 2.47. The number of aromatic nitrogens is 1. The largest absolute Gasteiger partial charge is 0.479 e. The van der Waals surface area contributed by atoms with Crippen LogP contribution in [0.4, 0.5) is 4.39 Å². The van der Waals surface area contributed by atoms with Crippen LogP contribution in [-0.2, 0) is 17.8 Å². The summed E-state index contributed by atoms with van der Waals surface area (Å²) in [5.41, 5.74) is 2.73. The van der Waals surface area contributed by atoms with Crippen molar-refractivity contribution in [2.24, 2.45) is 0 Å². The molecule has 1 aromatic heterocycles. The maximum absolute atomic E-state index is 14.9. The van der Waals surface area contributed by atoms with Gasteiger partial charge in [-0.2, -0.15) is 0 Å². The molecule has 0 saturated carbocycles. The van der Waals surface area contributed by atoms with Gasteiger partial charge in [0, 0.05) is 25.2 Å². The number of halogens is 1. The number of carbonyl (C=O) groups is 1. The van der Waals surface area contributed by atoms with Crippen molar-refractivity contribution in [3.05, 3.63) is 89.2 Å². The SMILES string of the molecule is O=C(O)C1(O)CN(Cc2ccc(-c3nc4cc(Cc5ccccc5)ccc4s3)c(F)c2)C1. The molecule has 2 N–H and O–H groups in total. The molecule has 5 rings (SSSR count). The Labute approximate surface area is 188 Å². The highest BCUT2D eigenvalue weighted by molar-refractivity contribution is 7.21. The fourth-order valence-electron chi connectivity index (χ4n) is 4.06. The number of aliphatic hydroxyl groups is 1. The van der Waals surface area contributed by atoms with Crippen LogP contribution >= 0.6 is 11.3 Å². The second-order valence-electron chi connectivity index (χ2n) is 8.28. The maximum atomic E-state index is 14.9. The predicted molar refractivity (Wildman–Crippen MR) is 122 cm³/mol. The zero-order valence-corrected chi connectivity index (χ0v) is 18.0. The van der Waals surface area contributed by atoms with Crippen LogP contribution in [0.25, 0.3) is 20.8 Å². The topological polar surface area (TPSA) is 73.7 Å². The lowest BCUT2D eigenvalue weighted by atomic mass is 9.94. The van der Waals surface area contributed by atoms with Gasteiger partial charge in [-0.05, 0) is 47.4 Å². The van der Waals surface area contributed by atoms with Gasteiger partial charge in [0.2, 0.25) is 0 Å². The Morgan fingerprint density at radius 1 is 1.03 bits per heavy atom. The molecule has 7 heteroatoms. The van der Waals surface area contributed by atoms with Crippen LogP contribution in [0.5, 0.6) is 0 Å². The van der Waals surface area contributed by atoms with E-state index in [1.165, 1.54) is 23.0 Å². The lowest BCUT2D eigenvalue weighted by Gasteiger charge is -2.43. The summed E-state index contributed by atoms with van der Waals surface area (Å²) in [4.78, 5) is 17.4. The smallest absolute Gasteiger partial charge is 0.338 e. The summed E-state index contributed by atoms with van der Waals surface area (Å²) in [6.07, 6.45) is 0.820. The number of aliphatic carboxylic acids is 1. The highest BCUT2D eigenvalue weighted by atomic mass is 32.1. The number of hydrogen-bond acceptors (Lipinski definition) is 5. The van der Waals surface area contributed by atoms with E-state index in [1.807, 2.05) is 30.3 Å². The number of hydrogen-bond donors (Lipinski definition) is 2. The Balaban J connectivity index is 1.33. The van der Waals surface area contributed by atoms with Crippen LogP contribution in [0.2, 0.25) is 0 Å². The average Bonchev–Trinajstić information content (AvgIpc) is 3.16. The van der Waals surface area contributed by atoms with Gasteiger partial charge < -0.3 is 10.2 Å². The molecule has 5 nitrogen and oxygen atoms in total. The van der Waals surface area contributed by atoms with Gasteiger partial charge in [0.15, 0.2) is 5.60 Å². The molecule has 0 aliphatic carbocycles. The van der Waals surface area contributed by atoms with Crippen molar-refractivity contribution < 1.29 is 19.4 Å². The third-order valence-electron chi connectivity index (χ3n) is 5.74. The fourth-order valence-corrected chi connectivity index (χ4v) is 5.03. The van der Waals surface area contributed by atoms with Gasteiger partial charge in [-0.25, -0.2) is 14.2 Å². The molecule has 0 unspecified atom stereocenters. The number of β-amino-alcohol motifs (C(OH)–C–C–N with tert-alkyl or cyclic N) is 1. The average molecular weight is 449 g/mol. The molecule has 1 saturated heterocycles. The Morgan fingerprint density at radius 3 is 2.50 bits per heavy atom. The van der Waals surface area contributed by atoms with Crippen molar-refractivity contribution >= 4 is 27.5 Å². The monoisotopic (exact) mass is 448 g/mol. The number of nitrogens with zero attached hydrogens (tertiary/aromatic N) is 2. The molecule has 0 bridgehead atoms. The van der Waals surface area contributed by atoms with Crippen molar-refractivity contribution in [2.45, 2.75) is 18.6 Å². The van der Waals surface area contributed by atoms with E-state index < -0.39 is 11.6 Å². The van der Waals surface area contributed by atoms with E-state index in [1.54, 1.807) is 11.0 Å². The summed E-state index contributed by atoms with van der Waals surface area (Å²) < 4.78 is 15.9. The van der Waals surface area contributed by atoms with E-state index in [-0.39, 0.29) is 18.9 Å². The van der Waals surface area contributed by atoms with E-state index in [0.717, 1.165) is 27.8 Å². The van der Waals surface area contributed by atoms with Gasteiger partial charge in [-0.15, -0.1) is 11.3 Å². The van der Waals surface area contributed by atoms with Crippen LogP contribution in [0.15, 0.2) is 66.7 Å². The molecule has 3 aromatic carbocycles. The molecular formula is C25H21FN2O3S. The molecule has 4 aromatic rings. The zero-order valence-electron chi connectivity index (χ0n) is 17.2. The third kappa shape index (κ3) is 4.02. The van der Waals surface area contributed by atoms with Gasteiger partial charge in [-0.1, -0.05) is 42.5 Å². The standard InChI is InChI=1S/C25H21FN2O3S/c26-20-11-18(13-28-14-25(31,15-28)24(29)30)6-8-19(20)23-27-21-12-17(7-9-22(21)32-23)10-16-4-2-1-3-5-16/h1-9,11-12,31H,10,13-15H2,(H,29,30). The van der Waals surface area contributed by atoms with Crippen molar-refractivity contribution in [1.29, 1.82) is 0 Å². The molecule has 0 atom stereocenters. The Kier molecular flexibility index (Phi) is 5.25. The van der Waals surface area contributed by atoms with E-state index in [2.05, 4.69) is 29.2 Å². The molecule has 0 spiro atoms. The molecule has 1 fully saturated rings. The number of fused-ring (bicyclic) bond motifs is 1. The van der Waals surface area contributed by atoms with E-state index in [4.69, 9.17) is 5.11 Å². The number of carboxylic acid groups (broad SMARTS) is 1. The maximum Gasteiger partial charge on any atom is 0.338 e. The van der Waals surface area contributed by atoms with Gasteiger partial charge in [0.1, 0.15) is 10.8 Å². The minimum Gasteiger partial charge on any atom is -0.479 e. The normalized spacial score (nSPS) is 15.6. The number of rotatable bonds is 6. The summed E-state index contributed by atoms with van der Waals surface area (Å²) in [5, 5.41) is 19.5. The van der Waals surface area contributed by atoms with Crippen LogP contribution in [0, 0.1) is 5.82 Å². The lowest BCUT2D eigenvalue weighted by molar-refractivity contribution is -0.178. The van der Waals surface area contributed by atoms with E-state index in [0.29, 0.717) is 17.1 Å². The van der Waals surface area contributed by atoms with Crippen molar-refractivity contribution in [1.82, 2.24) is 9.88 Å². The molecule has 0 radical (unpaired) electrons. The predicted octanol–water partition coefficient (Wildman–Crippen LogP) is 4.32. The van der Waals surface area contributed by atoms with Gasteiger partial charge in [0.05, 0.1) is 10.2 Å². The number of benzene rings is 3. The molecule has 2 heterocycles. The van der Waals surface area contributed by atoms with Crippen LogP contribution in [0.1, 0.15) is 16.7 Å². The Bertz CT molecular complexity index is 1300. The summed E-state index contributed by atoms with van der Waals surface area (Å²) in [5.74, 6) is -1.59. The first kappa shape index (κ1) is 20.8. The lowest BCUT2D eigenvalue weighted by Crippen LogP contribution is -2.65. The van der Waals surface area contributed by atoms with Crippen LogP contribution < -0.4 is 0 Å². The summed E-state index contributed by atoms with van der Waals surface area (Å²) in [6, 6.07) is 21.4. The molecule has 32 heavy (non-hydrogen) atoms. The first-order valence-electron chi connectivity index (χ1n) is 10.3. The first-order valence-corrected chi connectivity index (χ1v) is 11.1. The minimum atomic E-state index is -1.70. The third-order valence-corrected chi connectivity index (χ3v) is 6.81. The Hall–Kier alpha value is -3.13. The second-order valence-corrected chi connectivity index (χ2v) is 9.31. The fraction of sp³-hybridized carbons (Fsp3) is 0.200. The molecule has 162 valence electrons. The molecular weight excluding hydrogens is 427 g/mol. The van der Waals surface area contributed by atoms with Gasteiger partial charge in [0.25, 0.3) is 0 Å². The molecule has 1 aliphatic heterocycles.